The average Bonchev–Trinajstić information content (AvgIpc) is 2.95. The van der Waals surface area contributed by atoms with Crippen molar-refractivity contribution in [2.45, 2.75) is 38.1 Å². The van der Waals surface area contributed by atoms with Crippen LogP contribution in [0.15, 0.2) is 42.5 Å². The summed E-state index contributed by atoms with van der Waals surface area (Å²) in [5.74, 6) is 0.551. The van der Waals surface area contributed by atoms with E-state index in [1.165, 1.54) is 34.1 Å². The maximum Gasteiger partial charge on any atom is 0.0486 e. The van der Waals surface area contributed by atoms with Crippen LogP contribution in [0.25, 0.3) is 10.9 Å². The molecule has 2 nitrogen and oxygen atoms in total. The molecule has 4 rings (SSSR count). The normalized spacial score (nSPS) is 16.2. The second-order valence-electron chi connectivity index (χ2n) is 7.89. The van der Waals surface area contributed by atoms with E-state index in [0.29, 0.717) is 5.92 Å². The van der Waals surface area contributed by atoms with Crippen molar-refractivity contribution in [2.75, 3.05) is 20.6 Å². The standard InChI is InChI=1S/C23H26Cl2N2.ClH/c1-26(2)12-3-13-27-22-10-6-17(16-4-7-18(24)8-5-16)14-20(22)21-15-19(25)9-11-23(21)27;/h4-5,7-9,11,15,17H,3,6,10,12-14H2,1-2H3;1H. The maximum atomic E-state index is 6.36. The molecule has 0 bridgehead atoms. The Morgan fingerprint density at radius 3 is 2.46 bits per heavy atom. The molecule has 0 saturated heterocycles. The molecule has 3 aromatic rings. The quantitative estimate of drug-likeness (QED) is 0.437. The van der Waals surface area contributed by atoms with Crippen molar-refractivity contribution >= 4 is 46.5 Å². The molecule has 1 heterocycles. The van der Waals surface area contributed by atoms with Crippen LogP contribution in [0.4, 0.5) is 0 Å². The summed E-state index contributed by atoms with van der Waals surface area (Å²) in [5.41, 5.74) is 5.72. The van der Waals surface area contributed by atoms with Crippen LogP contribution in [-0.2, 0) is 19.4 Å². The lowest BCUT2D eigenvalue weighted by Gasteiger charge is -2.25. The highest BCUT2D eigenvalue weighted by molar-refractivity contribution is 6.31. The van der Waals surface area contributed by atoms with Gasteiger partial charge in [-0.05, 0) is 93.7 Å². The van der Waals surface area contributed by atoms with Crippen molar-refractivity contribution in [3.8, 4) is 0 Å². The van der Waals surface area contributed by atoms with Gasteiger partial charge in [-0.1, -0.05) is 35.3 Å². The van der Waals surface area contributed by atoms with E-state index in [1.54, 1.807) is 0 Å². The van der Waals surface area contributed by atoms with Gasteiger partial charge in [-0.3, -0.25) is 0 Å². The predicted octanol–water partition coefficient (Wildman–Crippen LogP) is 6.59. The molecule has 1 unspecified atom stereocenters. The first-order valence-electron chi connectivity index (χ1n) is 9.72. The number of rotatable bonds is 5. The van der Waals surface area contributed by atoms with Crippen LogP contribution in [-0.4, -0.2) is 30.1 Å². The third-order valence-electron chi connectivity index (χ3n) is 5.76. The summed E-state index contributed by atoms with van der Waals surface area (Å²) in [6.07, 6.45) is 4.55. The summed E-state index contributed by atoms with van der Waals surface area (Å²) < 4.78 is 2.54. The third-order valence-corrected chi connectivity index (χ3v) is 6.24. The Morgan fingerprint density at radius 1 is 1.04 bits per heavy atom. The Hall–Kier alpha value is -1.19. The number of hydrogen-bond donors (Lipinski definition) is 0. The molecule has 28 heavy (non-hydrogen) atoms. The van der Waals surface area contributed by atoms with E-state index in [4.69, 9.17) is 23.2 Å². The zero-order valence-corrected chi connectivity index (χ0v) is 18.7. The second kappa shape index (κ2) is 9.09. The van der Waals surface area contributed by atoms with Crippen molar-refractivity contribution in [2.24, 2.45) is 0 Å². The van der Waals surface area contributed by atoms with Crippen LogP contribution in [0, 0.1) is 0 Å². The van der Waals surface area contributed by atoms with Gasteiger partial charge in [0.25, 0.3) is 0 Å². The lowest BCUT2D eigenvalue weighted by atomic mass is 9.82. The van der Waals surface area contributed by atoms with Gasteiger partial charge in [-0.25, -0.2) is 0 Å². The Labute approximate surface area is 183 Å². The molecule has 0 spiro atoms. The van der Waals surface area contributed by atoms with Crippen LogP contribution in [0.3, 0.4) is 0 Å². The van der Waals surface area contributed by atoms with E-state index in [-0.39, 0.29) is 12.4 Å². The Bertz CT molecular complexity index is 945. The van der Waals surface area contributed by atoms with Gasteiger partial charge in [0, 0.05) is 33.2 Å². The fraction of sp³-hybridized carbons (Fsp3) is 0.391. The smallest absolute Gasteiger partial charge is 0.0486 e. The molecule has 5 heteroatoms. The summed E-state index contributed by atoms with van der Waals surface area (Å²) in [7, 11) is 4.28. The number of fused-ring (bicyclic) bond motifs is 3. The second-order valence-corrected chi connectivity index (χ2v) is 8.76. The first-order valence-corrected chi connectivity index (χ1v) is 10.5. The minimum absolute atomic E-state index is 0. The van der Waals surface area contributed by atoms with Crippen LogP contribution < -0.4 is 0 Å². The van der Waals surface area contributed by atoms with Gasteiger partial charge < -0.3 is 9.47 Å². The van der Waals surface area contributed by atoms with Gasteiger partial charge in [0.15, 0.2) is 0 Å². The number of nitrogens with zero attached hydrogens (tertiary/aromatic N) is 2. The van der Waals surface area contributed by atoms with E-state index in [0.717, 1.165) is 42.4 Å². The molecule has 0 aliphatic heterocycles. The van der Waals surface area contributed by atoms with Crippen LogP contribution in [0.2, 0.25) is 10.0 Å². The molecule has 150 valence electrons. The van der Waals surface area contributed by atoms with Gasteiger partial charge in [0.05, 0.1) is 0 Å². The molecule has 1 atom stereocenters. The first kappa shape index (κ1) is 21.5. The zero-order valence-electron chi connectivity index (χ0n) is 16.4. The van der Waals surface area contributed by atoms with Crippen LogP contribution in [0.1, 0.15) is 35.6 Å². The van der Waals surface area contributed by atoms with Crippen molar-refractivity contribution in [3.63, 3.8) is 0 Å². The molecule has 1 aromatic heterocycles. The number of benzene rings is 2. The van der Waals surface area contributed by atoms with E-state index in [9.17, 15) is 0 Å². The third kappa shape index (κ3) is 4.36. The number of aryl methyl sites for hydroxylation is 1. The van der Waals surface area contributed by atoms with Gasteiger partial charge in [0.2, 0.25) is 0 Å². The highest BCUT2D eigenvalue weighted by Gasteiger charge is 2.26. The number of halogens is 3. The lowest BCUT2D eigenvalue weighted by Crippen LogP contribution is -2.18. The van der Waals surface area contributed by atoms with Crippen molar-refractivity contribution in [1.29, 1.82) is 0 Å². The molecular formula is C23H27Cl3N2. The minimum Gasteiger partial charge on any atom is -0.344 e. The van der Waals surface area contributed by atoms with Crippen LogP contribution in [0.5, 0.6) is 0 Å². The van der Waals surface area contributed by atoms with Crippen molar-refractivity contribution < 1.29 is 0 Å². The predicted molar refractivity (Wildman–Crippen MR) is 124 cm³/mol. The Balaban J connectivity index is 0.00000225. The SMILES string of the molecule is CN(C)CCCn1c2c(c3cc(Cl)ccc31)CC(c1ccc(Cl)cc1)CC2.Cl. The van der Waals surface area contributed by atoms with E-state index < -0.39 is 0 Å². The summed E-state index contributed by atoms with van der Waals surface area (Å²) in [4.78, 5) is 2.26. The fourth-order valence-corrected chi connectivity index (χ4v) is 4.74. The highest BCUT2D eigenvalue weighted by atomic mass is 35.5. The molecule has 1 aliphatic rings. The molecule has 0 N–H and O–H groups in total. The largest absolute Gasteiger partial charge is 0.344 e. The summed E-state index contributed by atoms with van der Waals surface area (Å²) in [6.45, 7) is 2.17. The molecule has 0 amide bonds. The monoisotopic (exact) mass is 436 g/mol. The molecule has 0 radical (unpaired) electrons. The first-order chi connectivity index (χ1) is 13.0. The molecule has 2 aromatic carbocycles. The van der Waals surface area contributed by atoms with E-state index in [1.807, 2.05) is 18.2 Å². The maximum absolute atomic E-state index is 6.36. The summed E-state index contributed by atoms with van der Waals surface area (Å²) in [5, 5.41) is 2.96. The van der Waals surface area contributed by atoms with Gasteiger partial charge >= 0.3 is 0 Å². The van der Waals surface area contributed by atoms with E-state index in [2.05, 4.69) is 47.8 Å². The van der Waals surface area contributed by atoms with Crippen LogP contribution >= 0.6 is 35.6 Å². The number of aromatic nitrogens is 1. The highest BCUT2D eigenvalue weighted by Crippen LogP contribution is 2.39. The van der Waals surface area contributed by atoms with E-state index >= 15 is 0 Å². The van der Waals surface area contributed by atoms with Gasteiger partial charge in [0.1, 0.15) is 0 Å². The zero-order chi connectivity index (χ0) is 19.0. The lowest BCUT2D eigenvalue weighted by molar-refractivity contribution is 0.385. The number of hydrogen-bond acceptors (Lipinski definition) is 1. The average molecular weight is 438 g/mol. The molecule has 1 aliphatic carbocycles. The Kier molecular flexibility index (Phi) is 6.98. The summed E-state index contributed by atoms with van der Waals surface area (Å²) >= 11 is 12.4. The molecule has 0 saturated carbocycles. The minimum atomic E-state index is 0. The van der Waals surface area contributed by atoms with Crippen molar-refractivity contribution in [3.05, 3.63) is 69.3 Å². The van der Waals surface area contributed by atoms with Crippen molar-refractivity contribution in [1.82, 2.24) is 9.47 Å². The molecule has 0 fully saturated rings. The fourth-order valence-electron chi connectivity index (χ4n) is 4.44. The topological polar surface area (TPSA) is 8.17 Å². The van der Waals surface area contributed by atoms with Gasteiger partial charge in [-0.2, -0.15) is 0 Å². The Morgan fingerprint density at radius 2 is 1.75 bits per heavy atom. The molecular weight excluding hydrogens is 411 g/mol. The van der Waals surface area contributed by atoms with Gasteiger partial charge in [-0.15, -0.1) is 12.4 Å². The summed E-state index contributed by atoms with van der Waals surface area (Å²) in [6, 6.07) is 14.8.